The molecule has 2 aromatic rings. The molecule has 0 aliphatic rings. The summed E-state index contributed by atoms with van der Waals surface area (Å²) in [4.78, 5) is 27.1. The normalized spacial score (nSPS) is 11.0. The lowest BCUT2D eigenvalue weighted by Crippen LogP contribution is -2.03. The number of carbonyl (C=O) groups excluding carboxylic acids is 2. The van der Waals surface area contributed by atoms with E-state index in [0.29, 0.717) is 6.61 Å². The maximum absolute atomic E-state index is 11.7. The molecule has 0 aliphatic carbocycles. The van der Waals surface area contributed by atoms with Gasteiger partial charge in [0.2, 0.25) is 0 Å². The first-order valence-corrected chi connectivity index (χ1v) is 6.73. The largest absolute Gasteiger partial charge is 0.463 e. The molecule has 19 heavy (non-hydrogen) atoms. The van der Waals surface area contributed by atoms with E-state index in [2.05, 4.69) is 4.98 Å². The van der Waals surface area contributed by atoms with Gasteiger partial charge in [0.15, 0.2) is 5.78 Å². The fourth-order valence-corrected chi connectivity index (χ4v) is 2.53. The van der Waals surface area contributed by atoms with Crippen LogP contribution in [0.5, 0.6) is 0 Å². The fraction of sp³-hybridized carbons (Fsp3) is 0.214. The fourth-order valence-electron chi connectivity index (χ4n) is 1.55. The zero-order valence-electron chi connectivity index (χ0n) is 10.5. The summed E-state index contributed by atoms with van der Waals surface area (Å²) in [6, 6.07) is 7.73. The van der Waals surface area contributed by atoms with Crippen LogP contribution in [0.2, 0.25) is 0 Å². The van der Waals surface area contributed by atoms with Gasteiger partial charge in [-0.15, -0.1) is 11.3 Å². The monoisotopic (exact) mass is 275 g/mol. The standard InChI is InChI=1S/C14H13NO3S/c1-2-18-14(17)8-7-10(16)9-13-15-11-5-3-4-6-12(11)19-13/h3-8H,2,9H2,1H3/b8-7+. The highest BCUT2D eigenvalue weighted by Gasteiger charge is 2.07. The first kappa shape index (κ1) is 13.4. The van der Waals surface area contributed by atoms with Gasteiger partial charge in [-0.25, -0.2) is 9.78 Å². The number of esters is 1. The van der Waals surface area contributed by atoms with Gasteiger partial charge in [0, 0.05) is 6.08 Å². The summed E-state index contributed by atoms with van der Waals surface area (Å²) in [5.74, 6) is -0.660. The van der Waals surface area contributed by atoms with E-state index in [9.17, 15) is 9.59 Å². The van der Waals surface area contributed by atoms with Crippen molar-refractivity contribution in [2.24, 2.45) is 0 Å². The number of nitrogens with zero attached hydrogens (tertiary/aromatic N) is 1. The number of benzene rings is 1. The molecule has 4 nitrogen and oxygen atoms in total. The number of para-hydroxylation sites is 1. The Morgan fingerprint density at radius 3 is 2.84 bits per heavy atom. The van der Waals surface area contributed by atoms with Crippen LogP contribution in [0.4, 0.5) is 0 Å². The molecule has 0 bridgehead atoms. The molecule has 5 heteroatoms. The second kappa shape index (κ2) is 6.24. The van der Waals surface area contributed by atoms with Crippen LogP contribution >= 0.6 is 11.3 Å². The number of ketones is 1. The van der Waals surface area contributed by atoms with Gasteiger partial charge < -0.3 is 4.74 Å². The molecule has 2 rings (SSSR count). The molecule has 0 N–H and O–H groups in total. The van der Waals surface area contributed by atoms with E-state index in [0.717, 1.165) is 21.3 Å². The molecule has 0 unspecified atom stereocenters. The minimum absolute atomic E-state index is 0.160. The summed E-state index contributed by atoms with van der Waals surface area (Å²) in [7, 11) is 0. The third-order valence-corrected chi connectivity index (χ3v) is 3.39. The Hall–Kier alpha value is -2.01. The molecule has 0 fully saturated rings. The highest BCUT2D eigenvalue weighted by atomic mass is 32.1. The van der Waals surface area contributed by atoms with Crippen molar-refractivity contribution in [2.75, 3.05) is 6.61 Å². The third-order valence-electron chi connectivity index (χ3n) is 2.36. The van der Waals surface area contributed by atoms with Crippen LogP contribution in [0.1, 0.15) is 11.9 Å². The van der Waals surface area contributed by atoms with Crippen molar-refractivity contribution in [3.63, 3.8) is 0 Å². The maximum Gasteiger partial charge on any atom is 0.330 e. The van der Waals surface area contributed by atoms with Crippen LogP contribution < -0.4 is 0 Å². The van der Waals surface area contributed by atoms with Gasteiger partial charge in [-0.05, 0) is 25.1 Å². The minimum atomic E-state index is -0.500. The van der Waals surface area contributed by atoms with Gasteiger partial charge in [-0.1, -0.05) is 12.1 Å². The van der Waals surface area contributed by atoms with Gasteiger partial charge in [0.25, 0.3) is 0 Å². The molecule has 1 heterocycles. The SMILES string of the molecule is CCOC(=O)/C=C/C(=O)Cc1nc2ccccc2s1. The van der Waals surface area contributed by atoms with Crippen LogP contribution in [0.3, 0.4) is 0 Å². The van der Waals surface area contributed by atoms with Crippen molar-refractivity contribution >= 4 is 33.3 Å². The lowest BCUT2D eigenvalue weighted by atomic mass is 10.2. The highest BCUT2D eigenvalue weighted by Crippen LogP contribution is 2.21. The average molecular weight is 275 g/mol. The van der Waals surface area contributed by atoms with E-state index in [1.807, 2.05) is 24.3 Å². The maximum atomic E-state index is 11.7. The molecule has 0 amide bonds. The summed E-state index contributed by atoms with van der Waals surface area (Å²) in [5, 5.41) is 0.750. The van der Waals surface area contributed by atoms with Crippen LogP contribution in [-0.2, 0) is 20.7 Å². The Kier molecular flexibility index (Phi) is 4.41. The number of carbonyl (C=O) groups is 2. The average Bonchev–Trinajstić information content (AvgIpc) is 2.78. The summed E-state index contributed by atoms with van der Waals surface area (Å²) in [6.07, 6.45) is 2.60. The molecule has 98 valence electrons. The van der Waals surface area contributed by atoms with Crippen molar-refractivity contribution in [1.82, 2.24) is 4.98 Å². The number of thiazole rings is 1. The van der Waals surface area contributed by atoms with Crippen molar-refractivity contribution in [3.8, 4) is 0 Å². The van der Waals surface area contributed by atoms with E-state index >= 15 is 0 Å². The van der Waals surface area contributed by atoms with E-state index < -0.39 is 5.97 Å². The van der Waals surface area contributed by atoms with Gasteiger partial charge >= 0.3 is 5.97 Å². The summed E-state index contributed by atoms with van der Waals surface area (Å²) in [5.41, 5.74) is 0.893. The second-order valence-corrected chi connectivity index (χ2v) is 4.92. The van der Waals surface area contributed by atoms with E-state index in [-0.39, 0.29) is 12.2 Å². The second-order valence-electron chi connectivity index (χ2n) is 3.80. The zero-order valence-corrected chi connectivity index (χ0v) is 11.3. The molecule has 1 aromatic carbocycles. The van der Waals surface area contributed by atoms with Crippen LogP contribution in [-0.4, -0.2) is 23.3 Å². The van der Waals surface area contributed by atoms with Crippen molar-refractivity contribution < 1.29 is 14.3 Å². The molecule has 0 radical (unpaired) electrons. The molecular weight excluding hydrogens is 262 g/mol. The number of ether oxygens (including phenoxy) is 1. The van der Waals surface area contributed by atoms with Crippen molar-refractivity contribution in [3.05, 3.63) is 41.4 Å². The smallest absolute Gasteiger partial charge is 0.330 e. The Morgan fingerprint density at radius 2 is 2.11 bits per heavy atom. The lowest BCUT2D eigenvalue weighted by molar-refractivity contribution is -0.137. The number of aromatic nitrogens is 1. The van der Waals surface area contributed by atoms with E-state index in [4.69, 9.17) is 4.74 Å². The molecule has 0 atom stereocenters. The highest BCUT2D eigenvalue weighted by molar-refractivity contribution is 7.18. The molecule has 0 aliphatic heterocycles. The summed E-state index contributed by atoms with van der Waals surface area (Å²) in [6.45, 7) is 2.02. The van der Waals surface area contributed by atoms with Gasteiger partial charge in [-0.2, -0.15) is 0 Å². The van der Waals surface area contributed by atoms with Gasteiger partial charge in [0.1, 0.15) is 5.01 Å². The Bertz CT molecular complexity index is 597. The molecule has 0 saturated heterocycles. The topological polar surface area (TPSA) is 56.3 Å². The number of hydrogen-bond donors (Lipinski definition) is 0. The molecule has 0 spiro atoms. The molecule has 1 aromatic heterocycles. The predicted molar refractivity (Wildman–Crippen MR) is 74.1 cm³/mol. The van der Waals surface area contributed by atoms with Crippen LogP contribution in [0.25, 0.3) is 10.2 Å². The number of fused-ring (bicyclic) bond motifs is 1. The number of hydrogen-bond acceptors (Lipinski definition) is 5. The first-order chi connectivity index (χ1) is 9.19. The number of rotatable bonds is 5. The zero-order chi connectivity index (χ0) is 13.7. The molecule has 0 saturated carbocycles. The Balaban J connectivity index is 2.00. The number of allylic oxidation sites excluding steroid dienone is 1. The predicted octanol–water partition coefficient (Wildman–Crippen LogP) is 2.53. The van der Waals surface area contributed by atoms with Gasteiger partial charge in [0.05, 0.1) is 23.2 Å². The van der Waals surface area contributed by atoms with Crippen LogP contribution in [0.15, 0.2) is 36.4 Å². The van der Waals surface area contributed by atoms with E-state index in [1.54, 1.807) is 6.92 Å². The first-order valence-electron chi connectivity index (χ1n) is 5.91. The van der Waals surface area contributed by atoms with Gasteiger partial charge in [-0.3, -0.25) is 4.79 Å². The van der Waals surface area contributed by atoms with Crippen molar-refractivity contribution in [2.45, 2.75) is 13.3 Å². The summed E-state index contributed by atoms with van der Waals surface area (Å²) >= 11 is 1.49. The van der Waals surface area contributed by atoms with E-state index in [1.165, 1.54) is 17.4 Å². The minimum Gasteiger partial charge on any atom is -0.463 e. The Labute approximate surface area is 114 Å². The van der Waals surface area contributed by atoms with Crippen molar-refractivity contribution in [1.29, 1.82) is 0 Å². The quantitative estimate of drug-likeness (QED) is 0.621. The lowest BCUT2D eigenvalue weighted by Gasteiger charge is -1.94. The third kappa shape index (κ3) is 3.72. The molecular formula is C14H13NO3S. The van der Waals surface area contributed by atoms with Crippen LogP contribution in [0, 0.1) is 0 Å². The summed E-state index contributed by atoms with van der Waals surface area (Å²) < 4.78 is 5.75. The Morgan fingerprint density at radius 1 is 1.32 bits per heavy atom.